The standard InChI is InChI=1S/Co.2H2O.Zn/h;2*1H2;/q;;;+1/p-1. The predicted molar refractivity (Wildman–Crippen MR) is 5.83 cm³/mol. The third-order valence-corrected chi connectivity index (χ3v) is 0. The first-order valence-corrected chi connectivity index (χ1v) is 1.64. The van der Waals surface area contributed by atoms with Crippen LogP contribution in [-0.4, -0.2) is 9.41 Å². The van der Waals surface area contributed by atoms with Gasteiger partial charge in [0.25, 0.3) is 0 Å². The van der Waals surface area contributed by atoms with Gasteiger partial charge in [0, 0.05) is 16.8 Å². The molecule has 1 radical (unpaired) electrons. The van der Waals surface area contributed by atoms with Crippen LogP contribution < -0.4 is 0 Å². The van der Waals surface area contributed by atoms with E-state index in [1.807, 2.05) is 0 Å². The second-order valence-electron chi connectivity index (χ2n) is 0. The van der Waals surface area contributed by atoms with Gasteiger partial charge in [-0.25, -0.2) is 0 Å². The Morgan fingerprint density at radius 3 is 1.25 bits per heavy atom. The number of hydrogen-bond donors (Lipinski definition) is 1. The average Bonchev–Trinajstić information content (AvgIpc) is 1.00. The van der Waals surface area contributed by atoms with Crippen LogP contribution in [0.5, 0.6) is 0 Å². The van der Waals surface area contributed by atoms with Gasteiger partial charge < -0.3 is 5.48 Å². The van der Waals surface area contributed by atoms with Gasteiger partial charge in [0.2, 0.25) is 0 Å². The molecule has 4 heteroatoms. The molecule has 0 aliphatic carbocycles. The molecule has 0 heterocycles. The van der Waals surface area contributed by atoms with Crippen molar-refractivity contribution in [1.29, 1.82) is 0 Å². The first kappa shape index (κ1) is 19.7. The SMILES string of the molecule is O.[Co].[OH][Zn]. The van der Waals surface area contributed by atoms with E-state index in [0.717, 1.165) is 0 Å². The summed E-state index contributed by atoms with van der Waals surface area (Å²) in [5.41, 5.74) is 0. The third kappa shape index (κ3) is 11.6. The second-order valence-corrected chi connectivity index (χ2v) is 0. The van der Waals surface area contributed by atoms with E-state index in [2.05, 4.69) is 0 Å². The summed E-state index contributed by atoms with van der Waals surface area (Å²) in [6, 6.07) is 0. The molecule has 0 amide bonds. The van der Waals surface area contributed by atoms with Crippen LogP contribution in [0.25, 0.3) is 0 Å². The van der Waals surface area contributed by atoms with Crippen LogP contribution >= 0.6 is 0 Å². The molecule has 0 aromatic heterocycles. The first-order valence-electron chi connectivity index (χ1n) is 0.316. The van der Waals surface area contributed by atoms with Gasteiger partial charge in [0.05, 0.1) is 0 Å². The van der Waals surface area contributed by atoms with Crippen LogP contribution in [0.1, 0.15) is 0 Å². The van der Waals surface area contributed by atoms with E-state index in [1.165, 1.54) is 0 Å². The summed E-state index contributed by atoms with van der Waals surface area (Å²) in [5.74, 6) is 0. The van der Waals surface area contributed by atoms with Gasteiger partial charge in [-0.2, -0.15) is 0 Å². The zero-order valence-electron chi connectivity index (χ0n) is 1.99. The molecule has 0 aliphatic rings. The Hall–Kier alpha value is 1.05. The molecule has 0 bridgehead atoms. The topological polar surface area (TPSA) is 51.7 Å². The quantitative estimate of drug-likeness (QED) is 0.435. The molecule has 2 nitrogen and oxygen atoms in total. The predicted octanol–water partition coefficient (Wildman–Crippen LogP) is -1.39. The van der Waals surface area contributed by atoms with E-state index in [-0.39, 0.29) is 22.3 Å². The van der Waals surface area contributed by atoms with Gasteiger partial charge in [-0.15, -0.1) is 0 Å². The van der Waals surface area contributed by atoms with Gasteiger partial charge in [0.15, 0.2) is 0 Å². The Balaban J connectivity index is -0.00000000500. The van der Waals surface area contributed by atoms with Crippen molar-refractivity contribution >= 4 is 0 Å². The van der Waals surface area contributed by atoms with E-state index in [9.17, 15) is 0 Å². The molecule has 0 rings (SSSR count). The van der Waals surface area contributed by atoms with Gasteiger partial charge in [-0.3, -0.25) is 0 Å². The van der Waals surface area contributed by atoms with Gasteiger partial charge >= 0.3 is 22.6 Å². The summed E-state index contributed by atoms with van der Waals surface area (Å²) in [6.07, 6.45) is 0. The molecule has 0 spiro atoms. The van der Waals surface area contributed by atoms with Crippen LogP contribution in [0.15, 0.2) is 0 Å². The maximum atomic E-state index is 7.12. The molecule has 0 aromatic rings. The molecular weight excluding hydrogens is 156 g/mol. The fourth-order valence-corrected chi connectivity index (χ4v) is 0. The molecule has 0 saturated carbocycles. The van der Waals surface area contributed by atoms with Crippen LogP contribution in [-0.2, 0) is 35.4 Å². The van der Waals surface area contributed by atoms with Crippen LogP contribution in [0.4, 0.5) is 0 Å². The average molecular weight is 159 g/mol. The fourth-order valence-electron chi connectivity index (χ4n) is 0. The van der Waals surface area contributed by atoms with Gasteiger partial charge in [-0.05, 0) is 0 Å². The van der Waals surface area contributed by atoms with E-state index in [0.29, 0.717) is 18.7 Å². The summed E-state index contributed by atoms with van der Waals surface area (Å²) >= 11 is 0.375. The maximum absolute atomic E-state index is 7.12. The molecular formula is H3CoO2Zn. The van der Waals surface area contributed by atoms with E-state index >= 15 is 0 Å². The fraction of sp³-hybridized carbons (Fsp3) is 0. The Labute approximate surface area is 45.2 Å². The zero-order valence-corrected chi connectivity index (χ0v) is 6.00. The molecule has 0 aliphatic heterocycles. The molecule has 0 saturated heterocycles. The Bertz CT molecular complexity index is 6.00. The molecule has 3 N–H and O–H groups in total. The van der Waals surface area contributed by atoms with Crippen molar-refractivity contribution < 1.29 is 44.9 Å². The first-order chi connectivity index (χ1) is 1.00. The van der Waals surface area contributed by atoms with Gasteiger partial charge in [-0.1, -0.05) is 0 Å². The summed E-state index contributed by atoms with van der Waals surface area (Å²) in [5, 5.41) is 0. The zero-order chi connectivity index (χ0) is 2.00. The van der Waals surface area contributed by atoms with Crippen molar-refractivity contribution in [3.63, 3.8) is 0 Å². The minimum absolute atomic E-state index is 0. The van der Waals surface area contributed by atoms with Crippen LogP contribution in [0, 0.1) is 0 Å². The van der Waals surface area contributed by atoms with Crippen LogP contribution in [0.2, 0.25) is 0 Å². The van der Waals surface area contributed by atoms with Crippen LogP contribution in [0.3, 0.4) is 0 Å². The number of rotatable bonds is 0. The van der Waals surface area contributed by atoms with Crippen molar-refractivity contribution in [3.8, 4) is 0 Å². The van der Waals surface area contributed by atoms with E-state index < -0.39 is 0 Å². The Morgan fingerprint density at radius 2 is 1.25 bits per heavy atom. The molecule has 0 atom stereocenters. The summed E-state index contributed by atoms with van der Waals surface area (Å²) in [7, 11) is 0. The van der Waals surface area contributed by atoms with E-state index in [1.54, 1.807) is 0 Å². The summed E-state index contributed by atoms with van der Waals surface area (Å²) in [4.78, 5) is 0. The second kappa shape index (κ2) is 34.2. The molecule has 0 fully saturated rings. The molecule has 0 aromatic carbocycles. The monoisotopic (exact) mass is 158 g/mol. The minimum atomic E-state index is 0. The van der Waals surface area contributed by atoms with Crippen molar-refractivity contribution in [1.82, 2.24) is 0 Å². The third-order valence-electron chi connectivity index (χ3n) is 0. The van der Waals surface area contributed by atoms with E-state index in [4.69, 9.17) is 3.93 Å². The molecule has 26 valence electrons. The van der Waals surface area contributed by atoms with Crippen molar-refractivity contribution in [2.45, 2.75) is 0 Å². The van der Waals surface area contributed by atoms with Crippen molar-refractivity contribution in [2.24, 2.45) is 0 Å². The van der Waals surface area contributed by atoms with Gasteiger partial charge in [0.1, 0.15) is 0 Å². The Morgan fingerprint density at radius 1 is 1.25 bits per heavy atom. The Kier molecular flexibility index (Phi) is 168. The molecule has 0 unspecified atom stereocenters. The normalized spacial score (nSPS) is 1.75. The number of hydrogen-bond acceptors (Lipinski definition) is 1. The van der Waals surface area contributed by atoms with Crippen molar-refractivity contribution in [2.75, 3.05) is 0 Å². The van der Waals surface area contributed by atoms with Crippen molar-refractivity contribution in [3.05, 3.63) is 0 Å². The summed E-state index contributed by atoms with van der Waals surface area (Å²) in [6.45, 7) is 0. The molecule has 4 heavy (non-hydrogen) atoms. The summed E-state index contributed by atoms with van der Waals surface area (Å²) < 4.78 is 7.12.